The number of hydrogen-bond acceptors (Lipinski definition) is 4. The van der Waals surface area contributed by atoms with Gasteiger partial charge in [0, 0.05) is 5.57 Å². The number of para-hydroxylation sites is 1. The van der Waals surface area contributed by atoms with Gasteiger partial charge in [-0.25, -0.2) is 0 Å². The van der Waals surface area contributed by atoms with Crippen LogP contribution in [-0.2, 0) is 15.1 Å². The Kier molecular flexibility index (Phi) is 4.29. The van der Waals surface area contributed by atoms with Crippen LogP contribution in [0.5, 0.6) is 0 Å². The molecular formula is C10H11N3O4S. The summed E-state index contributed by atoms with van der Waals surface area (Å²) in [7, 11) is -4.56. The van der Waals surface area contributed by atoms with E-state index in [-0.39, 0.29) is 16.9 Å². The minimum atomic E-state index is -4.56. The molecule has 0 aliphatic carbocycles. The van der Waals surface area contributed by atoms with Crippen LogP contribution in [0, 0.1) is 0 Å². The van der Waals surface area contributed by atoms with Crippen LogP contribution in [0.1, 0.15) is 6.92 Å². The van der Waals surface area contributed by atoms with Gasteiger partial charge in [-0.2, -0.15) is 8.42 Å². The number of anilines is 1. The fraction of sp³-hybridized carbons (Fsp3) is 0.100. The van der Waals surface area contributed by atoms with Crippen molar-refractivity contribution in [1.82, 2.24) is 0 Å². The van der Waals surface area contributed by atoms with Crippen molar-refractivity contribution in [2.75, 3.05) is 5.32 Å². The molecule has 1 amide bonds. The van der Waals surface area contributed by atoms with Crippen LogP contribution in [-0.4, -0.2) is 18.9 Å². The van der Waals surface area contributed by atoms with Crippen LogP contribution in [0.25, 0.3) is 0 Å². The summed E-state index contributed by atoms with van der Waals surface area (Å²) in [6, 6.07) is 6.15. The van der Waals surface area contributed by atoms with E-state index in [2.05, 4.69) is 21.5 Å². The van der Waals surface area contributed by atoms with Gasteiger partial charge in [-0.3, -0.25) is 9.35 Å². The van der Waals surface area contributed by atoms with E-state index in [1.54, 1.807) is 12.1 Å². The minimum absolute atomic E-state index is 0.102. The minimum Gasteiger partial charge on any atom is -0.320 e. The highest BCUT2D eigenvalue weighted by molar-refractivity contribution is 7.84. The van der Waals surface area contributed by atoms with Crippen molar-refractivity contribution in [2.24, 2.45) is 9.63 Å². The third-order valence-corrected chi connectivity index (χ3v) is 2.08. The zero-order valence-electron chi connectivity index (χ0n) is 9.49. The van der Waals surface area contributed by atoms with Crippen molar-refractivity contribution in [1.29, 1.82) is 0 Å². The molecule has 0 fully saturated rings. The standard InChI is InChI=1S/C10H11N3O4S/c1-7(2)10(14)11-8-5-3-4-6-9(8)12-13-18(15,16)17/h3-6H,1H2,2H3,(H,11,14)(H,15,16,17). The number of nitrogens with one attached hydrogen (secondary N) is 1. The first-order valence-corrected chi connectivity index (χ1v) is 6.15. The zero-order chi connectivity index (χ0) is 13.8. The largest absolute Gasteiger partial charge is 0.396 e. The number of amides is 1. The molecule has 1 aromatic rings. The first-order valence-electron chi connectivity index (χ1n) is 4.76. The molecule has 0 saturated carbocycles. The molecule has 0 aromatic heterocycles. The first-order chi connectivity index (χ1) is 8.29. The van der Waals surface area contributed by atoms with E-state index in [0.29, 0.717) is 0 Å². The predicted molar refractivity (Wildman–Crippen MR) is 66.0 cm³/mol. The summed E-state index contributed by atoms with van der Waals surface area (Å²) >= 11 is 0. The van der Waals surface area contributed by atoms with E-state index in [4.69, 9.17) is 4.55 Å². The lowest BCUT2D eigenvalue weighted by Gasteiger charge is -2.06. The average molecular weight is 269 g/mol. The lowest BCUT2D eigenvalue weighted by atomic mass is 10.2. The fourth-order valence-electron chi connectivity index (χ4n) is 0.991. The average Bonchev–Trinajstić information content (AvgIpc) is 2.26. The van der Waals surface area contributed by atoms with Gasteiger partial charge in [0.2, 0.25) is 0 Å². The summed E-state index contributed by atoms with van der Waals surface area (Å²) in [6.45, 7) is 4.99. The van der Waals surface area contributed by atoms with Crippen molar-refractivity contribution >= 4 is 27.6 Å². The number of nitrogens with zero attached hydrogens (tertiary/aromatic N) is 2. The van der Waals surface area contributed by atoms with Crippen LogP contribution < -0.4 is 5.32 Å². The molecule has 0 unspecified atom stereocenters. The molecule has 1 rings (SSSR count). The second-order valence-corrected chi connectivity index (χ2v) is 4.44. The summed E-state index contributed by atoms with van der Waals surface area (Å²) in [4.78, 5) is 11.4. The van der Waals surface area contributed by atoms with E-state index in [9.17, 15) is 13.2 Å². The molecule has 18 heavy (non-hydrogen) atoms. The van der Waals surface area contributed by atoms with Gasteiger partial charge < -0.3 is 5.32 Å². The lowest BCUT2D eigenvalue weighted by Crippen LogP contribution is -2.11. The van der Waals surface area contributed by atoms with Gasteiger partial charge >= 0.3 is 10.3 Å². The maximum Gasteiger partial charge on any atom is 0.396 e. The number of hydrogen-bond donors (Lipinski definition) is 2. The third-order valence-electron chi connectivity index (χ3n) is 1.79. The summed E-state index contributed by atoms with van der Waals surface area (Å²) in [6.07, 6.45) is 0. The first kappa shape index (κ1) is 14.0. The topological polar surface area (TPSA) is 108 Å². The Morgan fingerprint density at radius 2 is 2.00 bits per heavy atom. The van der Waals surface area contributed by atoms with Crippen LogP contribution in [0.2, 0.25) is 0 Å². The molecule has 2 N–H and O–H groups in total. The zero-order valence-corrected chi connectivity index (χ0v) is 10.3. The van der Waals surface area contributed by atoms with E-state index in [0.717, 1.165) is 0 Å². The maximum absolute atomic E-state index is 11.4. The van der Waals surface area contributed by atoms with Crippen LogP contribution >= 0.6 is 0 Å². The molecule has 0 saturated heterocycles. The second kappa shape index (κ2) is 5.52. The smallest absolute Gasteiger partial charge is 0.320 e. The Bertz CT molecular complexity index is 607. The molecule has 7 nitrogen and oxygen atoms in total. The maximum atomic E-state index is 11.4. The molecule has 0 aliphatic heterocycles. The monoisotopic (exact) mass is 269 g/mol. The highest BCUT2D eigenvalue weighted by atomic mass is 32.2. The molecule has 0 aliphatic rings. The molecule has 0 spiro atoms. The van der Waals surface area contributed by atoms with Crippen molar-refractivity contribution in [3.05, 3.63) is 36.4 Å². The summed E-state index contributed by atoms with van der Waals surface area (Å²) in [5.41, 5.74) is 0.652. The third kappa shape index (κ3) is 4.44. The number of benzene rings is 1. The quantitative estimate of drug-likeness (QED) is 0.495. The van der Waals surface area contributed by atoms with Crippen molar-refractivity contribution in [2.45, 2.75) is 6.92 Å². The van der Waals surface area contributed by atoms with E-state index < -0.39 is 16.2 Å². The van der Waals surface area contributed by atoms with Crippen molar-refractivity contribution in [3.8, 4) is 0 Å². The molecule has 0 radical (unpaired) electrons. The van der Waals surface area contributed by atoms with Gasteiger partial charge in [-0.1, -0.05) is 18.7 Å². The van der Waals surface area contributed by atoms with E-state index in [1.807, 2.05) is 0 Å². The van der Waals surface area contributed by atoms with Crippen LogP contribution in [0.15, 0.2) is 46.1 Å². The SMILES string of the molecule is C=C(C)C(=O)Nc1ccccc1N=NS(=O)(=O)O. The fourth-order valence-corrected chi connectivity index (χ4v) is 1.18. The van der Waals surface area contributed by atoms with E-state index >= 15 is 0 Å². The van der Waals surface area contributed by atoms with Crippen molar-refractivity contribution < 1.29 is 17.8 Å². The van der Waals surface area contributed by atoms with Crippen molar-refractivity contribution in [3.63, 3.8) is 0 Å². The Hall–Kier alpha value is -2.06. The Labute approximate surface area is 104 Å². The van der Waals surface area contributed by atoms with Gasteiger partial charge in [0.25, 0.3) is 5.91 Å². The number of rotatable bonds is 4. The summed E-state index contributed by atoms with van der Waals surface area (Å²) < 4.78 is 32.0. The second-order valence-electron chi connectivity index (χ2n) is 3.38. The Morgan fingerprint density at radius 3 is 2.56 bits per heavy atom. The lowest BCUT2D eigenvalue weighted by molar-refractivity contribution is -0.112. The van der Waals surface area contributed by atoms with Gasteiger partial charge in [0.15, 0.2) is 0 Å². The van der Waals surface area contributed by atoms with Gasteiger partial charge in [0.1, 0.15) is 5.69 Å². The molecule has 96 valence electrons. The molecule has 0 heterocycles. The molecule has 0 bridgehead atoms. The molecule has 8 heteroatoms. The molecule has 0 atom stereocenters. The Balaban J connectivity index is 3.04. The normalized spacial score (nSPS) is 11.4. The highest BCUT2D eigenvalue weighted by Gasteiger charge is 2.07. The highest BCUT2D eigenvalue weighted by Crippen LogP contribution is 2.25. The summed E-state index contributed by atoms with van der Waals surface area (Å²) in [5, 5.41) is 5.81. The van der Waals surface area contributed by atoms with Crippen LogP contribution in [0.4, 0.5) is 11.4 Å². The molecular weight excluding hydrogens is 258 g/mol. The molecule has 1 aromatic carbocycles. The van der Waals surface area contributed by atoms with Gasteiger partial charge in [-0.05, 0) is 23.6 Å². The van der Waals surface area contributed by atoms with Gasteiger partial charge in [0.05, 0.1) is 5.69 Å². The van der Waals surface area contributed by atoms with E-state index in [1.165, 1.54) is 19.1 Å². The van der Waals surface area contributed by atoms with Crippen LogP contribution in [0.3, 0.4) is 0 Å². The van der Waals surface area contributed by atoms with Gasteiger partial charge in [-0.15, -0.1) is 5.11 Å². The predicted octanol–water partition coefficient (Wildman–Crippen LogP) is 2.09. The number of carbonyl (C=O) groups is 1. The Morgan fingerprint density at radius 1 is 1.39 bits per heavy atom. The number of carbonyl (C=O) groups excluding carboxylic acids is 1. The summed E-state index contributed by atoms with van der Waals surface area (Å²) in [5.74, 6) is -0.426.